The van der Waals surface area contributed by atoms with Crippen LogP contribution in [0.5, 0.6) is 0 Å². The van der Waals surface area contributed by atoms with Gasteiger partial charge in [-0.25, -0.2) is 14.6 Å². The lowest BCUT2D eigenvalue weighted by Crippen LogP contribution is -2.36. The number of nitrogens with two attached hydrogens (primary N) is 1. The molecule has 1 aromatic carbocycles. The molecule has 1 saturated heterocycles. The van der Waals surface area contributed by atoms with Crippen molar-refractivity contribution in [3.8, 4) is 0 Å². The van der Waals surface area contributed by atoms with Crippen LogP contribution in [0.4, 0.5) is 0 Å². The third-order valence-corrected chi connectivity index (χ3v) is 5.84. The van der Waals surface area contributed by atoms with Crippen molar-refractivity contribution in [2.24, 2.45) is 5.73 Å². The van der Waals surface area contributed by atoms with E-state index in [-0.39, 0.29) is 11.8 Å². The molecule has 5 rings (SSSR count). The minimum absolute atomic E-state index is 0.0384. The number of carbonyl (C=O) groups excluding carboxylic acids is 1. The molecular weight excluding hydrogens is 368 g/mol. The van der Waals surface area contributed by atoms with Crippen molar-refractivity contribution in [2.75, 3.05) is 26.2 Å². The summed E-state index contributed by atoms with van der Waals surface area (Å²) in [5.41, 5.74) is 10.4. The average molecular weight is 392 g/mol. The molecule has 2 aliphatic rings. The smallest absolute Gasteiger partial charge is 0.256 e. The average Bonchev–Trinajstić information content (AvgIpc) is 3.39. The molecule has 8 heteroatoms. The van der Waals surface area contributed by atoms with Gasteiger partial charge in [0.15, 0.2) is 11.8 Å². The number of likely N-dealkylation sites (tertiary alicyclic amines) is 1. The molecule has 2 N–H and O–H groups in total. The van der Waals surface area contributed by atoms with Crippen molar-refractivity contribution in [1.29, 1.82) is 0 Å². The van der Waals surface area contributed by atoms with Gasteiger partial charge in [-0.1, -0.05) is 24.3 Å². The van der Waals surface area contributed by atoms with E-state index in [9.17, 15) is 4.79 Å². The van der Waals surface area contributed by atoms with Gasteiger partial charge in [0.25, 0.3) is 5.91 Å². The Labute approximate surface area is 168 Å². The zero-order valence-electron chi connectivity index (χ0n) is 16.2. The van der Waals surface area contributed by atoms with Crippen LogP contribution in [0.1, 0.15) is 35.3 Å². The summed E-state index contributed by atoms with van der Waals surface area (Å²) >= 11 is 0. The maximum absolute atomic E-state index is 13.2. The monoisotopic (exact) mass is 392 g/mol. The van der Waals surface area contributed by atoms with Crippen LogP contribution < -0.4 is 5.73 Å². The normalized spacial score (nSPS) is 21.5. The van der Waals surface area contributed by atoms with E-state index in [1.807, 2.05) is 27.8 Å². The Kier molecular flexibility index (Phi) is 4.73. The second-order valence-corrected chi connectivity index (χ2v) is 7.60. The quantitative estimate of drug-likeness (QED) is 0.721. The van der Waals surface area contributed by atoms with Gasteiger partial charge in [0.05, 0.1) is 18.8 Å². The molecule has 0 bridgehead atoms. The molecule has 0 aliphatic carbocycles. The Morgan fingerprint density at radius 3 is 3.00 bits per heavy atom. The summed E-state index contributed by atoms with van der Waals surface area (Å²) in [5, 5.41) is 4.75. The Morgan fingerprint density at radius 1 is 1.24 bits per heavy atom. The number of hydrogen-bond acceptors (Lipinski definition) is 6. The number of benzene rings is 1. The lowest BCUT2D eigenvalue weighted by molar-refractivity contribution is -0.144. The highest BCUT2D eigenvalue weighted by molar-refractivity contribution is 5.83. The molecule has 150 valence electrons. The van der Waals surface area contributed by atoms with Crippen molar-refractivity contribution in [3.05, 3.63) is 53.5 Å². The minimum atomic E-state index is -0.509. The number of rotatable bonds is 4. The van der Waals surface area contributed by atoms with Crippen LogP contribution in [-0.2, 0) is 22.5 Å². The van der Waals surface area contributed by atoms with Gasteiger partial charge in [0.1, 0.15) is 5.52 Å². The van der Waals surface area contributed by atoms with Gasteiger partial charge in [0, 0.05) is 37.9 Å². The molecule has 8 nitrogen and oxygen atoms in total. The molecule has 0 radical (unpaired) electrons. The van der Waals surface area contributed by atoms with Crippen LogP contribution in [0.2, 0.25) is 0 Å². The number of ether oxygens (including phenoxy) is 1. The number of amides is 1. The van der Waals surface area contributed by atoms with Gasteiger partial charge < -0.3 is 15.4 Å². The molecule has 29 heavy (non-hydrogen) atoms. The largest absolute Gasteiger partial charge is 0.363 e. The maximum atomic E-state index is 13.2. The van der Waals surface area contributed by atoms with E-state index >= 15 is 0 Å². The van der Waals surface area contributed by atoms with Crippen LogP contribution in [0.3, 0.4) is 0 Å². The van der Waals surface area contributed by atoms with Gasteiger partial charge in [-0.3, -0.25) is 4.79 Å². The van der Waals surface area contributed by atoms with Gasteiger partial charge in [-0.15, -0.1) is 0 Å². The van der Waals surface area contributed by atoms with E-state index in [1.54, 1.807) is 12.4 Å². The Bertz CT molecular complexity index is 1050. The van der Waals surface area contributed by atoms with Crippen LogP contribution >= 0.6 is 0 Å². The Balaban J connectivity index is 1.39. The summed E-state index contributed by atoms with van der Waals surface area (Å²) in [6.07, 6.45) is 4.55. The first-order chi connectivity index (χ1) is 14.3. The second-order valence-electron chi connectivity index (χ2n) is 7.60. The van der Waals surface area contributed by atoms with Gasteiger partial charge in [0.2, 0.25) is 0 Å². The highest BCUT2D eigenvalue weighted by Crippen LogP contribution is 2.34. The molecule has 3 aromatic rings. The van der Waals surface area contributed by atoms with E-state index < -0.39 is 6.10 Å². The molecule has 0 spiro atoms. The first-order valence-electron chi connectivity index (χ1n) is 10.1. The summed E-state index contributed by atoms with van der Waals surface area (Å²) in [7, 11) is 0. The van der Waals surface area contributed by atoms with E-state index in [0.29, 0.717) is 32.8 Å². The molecule has 2 atom stereocenters. The minimum Gasteiger partial charge on any atom is -0.363 e. The summed E-state index contributed by atoms with van der Waals surface area (Å²) < 4.78 is 7.70. The van der Waals surface area contributed by atoms with Crippen molar-refractivity contribution < 1.29 is 9.53 Å². The fourth-order valence-corrected chi connectivity index (χ4v) is 4.43. The fraction of sp³-hybridized carbons (Fsp3) is 0.429. The predicted octanol–water partition coefficient (Wildman–Crippen LogP) is 1.41. The van der Waals surface area contributed by atoms with Crippen molar-refractivity contribution in [1.82, 2.24) is 24.6 Å². The van der Waals surface area contributed by atoms with E-state index in [4.69, 9.17) is 15.6 Å². The summed E-state index contributed by atoms with van der Waals surface area (Å²) in [5.74, 6) is 0.174. The first-order valence-corrected chi connectivity index (χ1v) is 10.1. The van der Waals surface area contributed by atoms with Crippen molar-refractivity contribution >= 4 is 17.1 Å². The standard InChI is InChI=1S/C21H24N6O2/c22-7-11-27-20-18(23-8-9-24-20)17(25-27)15-5-10-26(13-15)21(28)19-16-4-2-1-3-14(16)6-12-29-19/h1-4,8-9,15,19H,5-7,10-13,22H2/t15-,19-/m1/s1. The molecule has 0 unspecified atom stereocenters. The molecule has 2 aliphatic heterocycles. The van der Waals surface area contributed by atoms with Gasteiger partial charge in [-0.2, -0.15) is 5.10 Å². The van der Waals surface area contributed by atoms with Gasteiger partial charge >= 0.3 is 0 Å². The SMILES string of the molecule is NCCn1nc([C@@H]2CCN(C(=O)[C@@H]3OCCc4ccccc43)C2)c2nccnc21. The molecule has 2 aromatic heterocycles. The third-order valence-electron chi connectivity index (χ3n) is 5.84. The lowest BCUT2D eigenvalue weighted by Gasteiger charge is -2.28. The first kappa shape index (κ1) is 18.2. The molecule has 1 amide bonds. The number of fused-ring (bicyclic) bond motifs is 2. The van der Waals surface area contributed by atoms with E-state index in [0.717, 1.165) is 35.3 Å². The Morgan fingerprint density at radius 2 is 2.10 bits per heavy atom. The molecule has 1 fully saturated rings. The van der Waals surface area contributed by atoms with Crippen molar-refractivity contribution in [3.63, 3.8) is 0 Å². The predicted molar refractivity (Wildman–Crippen MR) is 107 cm³/mol. The topological polar surface area (TPSA) is 99.2 Å². The third kappa shape index (κ3) is 3.18. The number of hydrogen-bond donors (Lipinski definition) is 1. The van der Waals surface area contributed by atoms with Crippen LogP contribution in [0, 0.1) is 0 Å². The van der Waals surface area contributed by atoms with Crippen LogP contribution in [0.25, 0.3) is 11.2 Å². The maximum Gasteiger partial charge on any atom is 0.256 e. The van der Waals surface area contributed by atoms with Gasteiger partial charge in [-0.05, 0) is 24.0 Å². The number of carbonyl (C=O) groups is 1. The second kappa shape index (κ2) is 7.53. The number of aromatic nitrogens is 4. The lowest BCUT2D eigenvalue weighted by atomic mass is 9.97. The van der Waals surface area contributed by atoms with Crippen LogP contribution in [0.15, 0.2) is 36.7 Å². The molecule has 4 heterocycles. The van der Waals surface area contributed by atoms with Crippen molar-refractivity contribution in [2.45, 2.75) is 31.4 Å². The van der Waals surface area contributed by atoms with E-state index in [2.05, 4.69) is 16.0 Å². The summed E-state index contributed by atoms with van der Waals surface area (Å²) in [4.78, 5) is 24.1. The summed E-state index contributed by atoms with van der Waals surface area (Å²) in [6.45, 7) is 2.97. The number of nitrogens with zero attached hydrogens (tertiary/aromatic N) is 5. The Hall–Kier alpha value is -2.84. The highest BCUT2D eigenvalue weighted by atomic mass is 16.5. The highest BCUT2D eigenvalue weighted by Gasteiger charge is 2.36. The van der Waals surface area contributed by atoms with E-state index in [1.165, 1.54) is 5.56 Å². The van der Waals surface area contributed by atoms with Crippen LogP contribution in [-0.4, -0.2) is 56.8 Å². The summed E-state index contributed by atoms with van der Waals surface area (Å²) in [6, 6.07) is 8.07. The zero-order chi connectivity index (χ0) is 19.8. The molecular formula is C21H24N6O2. The molecule has 0 saturated carbocycles. The fourth-order valence-electron chi connectivity index (χ4n) is 4.43. The zero-order valence-corrected chi connectivity index (χ0v) is 16.2.